The second-order valence-electron chi connectivity index (χ2n) is 5.45. The average molecular weight is 262 g/mol. The monoisotopic (exact) mass is 262 g/mol. The highest BCUT2D eigenvalue weighted by atomic mass is 16.6. The van der Waals surface area contributed by atoms with Crippen molar-refractivity contribution in [3.63, 3.8) is 0 Å². The number of aromatic nitrogens is 1. The number of nitrogens with zero attached hydrogens (tertiary/aromatic N) is 3. The lowest BCUT2D eigenvalue weighted by molar-refractivity contribution is -0.385. The second-order valence-corrected chi connectivity index (χ2v) is 5.45. The Balaban J connectivity index is 1.80. The summed E-state index contributed by atoms with van der Waals surface area (Å²) >= 11 is 0. The van der Waals surface area contributed by atoms with E-state index in [0.29, 0.717) is 17.5 Å². The fourth-order valence-corrected chi connectivity index (χ4v) is 3.13. The van der Waals surface area contributed by atoms with Gasteiger partial charge in [0.15, 0.2) is 0 Å². The Morgan fingerprint density at radius 3 is 3.05 bits per heavy atom. The summed E-state index contributed by atoms with van der Waals surface area (Å²) in [6.07, 6.45) is 3.88. The first kappa shape index (κ1) is 12.3. The summed E-state index contributed by atoms with van der Waals surface area (Å²) in [7, 11) is 0. The van der Waals surface area contributed by atoms with Crippen LogP contribution >= 0.6 is 0 Å². The molecular weight excluding hydrogens is 244 g/mol. The summed E-state index contributed by atoms with van der Waals surface area (Å²) in [6, 6.07) is 2.38. The molecule has 6 heteroatoms. The minimum atomic E-state index is -0.378. The van der Waals surface area contributed by atoms with Gasteiger partial charge >= 0.3 is 0 Å². The van der Waals surface area contributed by atoms with Gasteiger partial charge in [-0.3, -0.25) is 10.1 Å². The van der Waals surface area contributed by atoms with Crippen molar-refractivity contribution in [1.82, 2.24) is 10.3 Å². The van der Waals surface area contributed by atoms with E-state index in [2.05, 4.69) is 15.2 Å². The molecule has 0 saturated carbocycles. The first-order valence-corrected chi connectivity index (χ1v) is 6.74. The van der Waals surface area contributed by atoms with E-state index in [0.717, 1.165) is 25.5 Å². The molecule has 6 nitrogen and oxygen atoms in total. The quantitative estimate of drug-likeness (QED) is 0.645. The molecular formula is C13H18N4O2. The number of aryl methyl sites for hydroxylation is 1. The van der Waals surface area contributed by atoms with Crippen molar-refractivity contribution >= 4 is 11.5 Å². The number of rotatable bonds is 2. The normalized spacial score (nSPS) is 26.3. The summed E-state index contributed by atoms with van der Waals surface area (Å²) in [5.41, 5.74) is 0.774. The highest BCUT2D eigenvalue weighted by molar-refractivity contribution is 5.49. The molecule has 2 saturated heterocycles. The highest BCUT2D eigenvalue weighted by Crippen LogP contribution is 2.29. The molecule has 2 atom stereocenters. The molecule has 19 heavy (non-hydrogen) atoms. The number of piperidine rings is 1. The van der Waals surface area contributed by atoms with Crippen LogP contribution in [0.25, 0.3) is 0 Å². The van der Waals surface area contributed by atoms with E-state index in [1.807, 2.05) is 6.07 Å². The molecule has 3 heterocycles. The molecule has 0 aromatic carbocycles. The van der Waals surface area contributed by atoms with Crippen LogP contribution in [0.1, 0.15) is 18.4 Å². The van der Waals surface area contributed by atoms with E-state index in [-0.39, 0.29) is 10.6 Å². The van der Waals surface area contributed by atoms with Crippen molar-refractivity contribution in [2.24, 2.45) is 5.92 Å². The zero-order valence-electron chi connectivity index (χ0n) is 11.0. The van der Waals surface area contributed by atoms with Crippen molar-refractivity contribution in [2.75, 3.05) is 24.5 Å². The van der Waals surface area contributed by atoms with Crippen LogP contribution in [-0.4, -0.2) is 35.6 Å². The zero-order valence-corrected chi connectivity index (χ0v) is 11.0. The number of hydrogen-bond acceptors (Lipinski definition) is 5. The molecule has 1 N–H and O–H groups in total. The first-order valence-electron chi connectivity index (χ1n) is 6.74. The van der Waals surface area contributed by atoms with Gasteiger partial charge in [-0.15, -0.1) is 0 Å². The predicted molar refractivity (Wildman–Crippen MR) is 72.4 cm³/mol. The maximum absolute atomic E-state index is 10.8. The van der Waals surface area contributed by atoms with Crippen LogP contribution in [0.5, 0.6) is 0 Å². The zero-order chi connectivity index (χ0) is 13.4. The van der Waals surface area contributed by atoms with Crippen LogP contribution in [0.2, 0.25) is 0 Å². The van der Waals surface area contributed by atoms with Crippen LogP contribution < -0.4 is 10.2 Å². The Morgan fingerprint density at radius 1 is 1.53 bits per heavy atom. The number of hydrogen-bond donors (Lipinski definition) is 1. The van der Waals surface area contributed by atoms with Gasteiger partial charge in [0.25, 0.3) is 5.69 Å². The molecule has 1 aromatic rings. The van der Waals surface area contributed by atoms with E-state index in [4.69, 9.17) is 0 Å². The summed E-state index contributed by atoms with van der Waals surface area (Å²) in [5.74, 6) is 1.55. The summed E-state index contributed by atoms with van der Waals surface area (Å²) in [5, 5.41) is 14.3. The molecule has 0 spiro atoms. The maximum atomic E-state index is 10.8. The van der Waals surface area contributed by atoms with Gasteiger partial charge in [-0.2, -0.15) is 0 Å². The van der Waals surface area contributed by atoms with Crippen LogP contribution in [0.3, 0.4) is 0 Å². The van der Waals surface area contributed by atoms with Gasteiger partial charge in [-0.05, 0) is 38.3 Å². The van der Waals surface area contributed by atoms with E-state index in [9.17, 15) is 10.1 Å². The van der Waals surface area contributed by atoms with Crippen molar-refractivity contribution in [3.8, 4) is 0 Å². The van der Waals surface area contributed by atoms with Gasteiger partial charge in [0.2, 0.25) is 0 Å². The number of fused-ring (bicyclic) bond motifs is 1. The first-order chi connectivity index (χ1) is 9.15. The number of anilines is 1. The maximum Gasteiger partial charge on any atom is 0.290 e. The van der Waals surface area contributed by atoms with Gasteiger partial charge in [0.1, 0.15) is 12.0 Å². The number of pyridine rings is 1. The Morgan fingerprint density at radius 2 is 2.37 bits per heavy atom. The van der Waals surface area contributed by atoms with Gasteiger partial charge in [-0.1, -0.05) is 0 Å². The van der Waals surface area contributed by atoms with Gasteiger partial charge in [-0.25, -0.2) is 4.98 Å². The number of nitro groups is 1. The van der Waals surface area contributed by atoms with Gasteiger partial charge in [0, 0.05) is 24.7 Å². The minimum absolute atomic E-state index is 0.0958. The fourth-order valence-electron chi connectivity index (χ4n) is 3.13. The molecule has 0 aliphatic carbocycles. The van der Waals surface area contributed by atoms with Gasteiger partial charge < -0.3 is 10.2 Å². The predicted octanol–water partition coefficient (Wildman–Crippen LogP) is 1.49. The molecule has 102 valence electrons. The van der Waals surface area contributed by atoms with Crippen molar-refractivity contribution in [3.05, 3.63) is 27.9 Å². The molecule has 0 unspecified atom stereocenters. The van der Waals surface area contributed by atoms with E-state index >= 15 is 0 Å². The molecule has 0 amide bonds. The third kappa shape index (κ3) is 2.28. The Hall–Kier alpha value is -1.69. The Bertz CT molecular complexity index is 491. The number of nitrogens with one attached hydrogen (secondary N) is 1. The van der Waals surface area contributed by atoms with E-state index in [1.165, 1.54) is 19.0 Å². The SMILES string of the molecule is Cc1cc(N2C[C@@H]3CCCN[C@@H]3C2)ncc1[N+](=O)[O-]. The second kappa shape index (κ2) is 4.77. The van der Waals surface area contributed by atoms with Crippen LogP contribution in [0.15, 0.2) is 12.3 Å². The summed E-state index contributed by atoms with van der Waals surface area (Å²) < 4.78 is 0. The van der Waals surface area contributed by atoms with E-state index in [1.54, 1.807) is 6.92 Å². The molecule has 2 aliphatic rings. The summed E-state index contributed by atoms with van der Waals surface area (Å²) in [6.45, 7) is 4.82. The van der Waals surface area contributed by atoms with Crippen molar-refractivity contribution in [2.45, 2.75) is 25.8 Å². The molecule has 0 radical (unpaired) electrons. The topological polar surface area (TPSA) is 71.3 Å². The molecule has 2 fully saturated rings. The molecule has 0 bridgehead atoms. The largest absolute Gasteiger partial charge is 0.355 e. The lowest BCUT2D eigenvalue weighted by Gasteiger charge is -2.24. The fraction of sp³-hybridized carbons (Fsp3) is 0.615. The molecule has 3 rings (SSSR count). The minimum Gasteiger partial charge on any atom is -0.355 e. The smallest absolute Gasteiger partial charge is 0.290 e. The standard InChI is InChI=1S/C13H18N4O2/c1-9-5-13(15-6-12(9)17(18)19)16-7-10-3-2-4-14-11(10)8-16/h5-6,10-11,14H,2-4,7-8H2,1H3/t10-,11+/m0/s1. The van der Waals surface area contributed by atoms with Gasteiger partial charge in [0.05, 0.1) is 4.92 Å². The third-order valence-corrected chi connectivity index (χ3v) is 4.19. The summed E-state index contributed by atoms with van der Waals surface area (Å²) in [4.78, 5) is 16.9. The van der Waals surface area contributed by atoms with Crippen LogP contribution in [0.4, 0.5) is 11.5 Å². The third-order valence-electron chi connectivity index (χ3n) is 4.19. The average Bonchev–Trinajstić information content (AvgIpc) is 2.81. The Labute approximate surface area is 112 Å². The highest BCUT2D eigenvalue weighted by Gasteiger charge is 2.34. The van der Waals surface area contributed by atoms with E-state index < -0.39 is 0 Å². The molecule has 2 aliphatic heterocycles. The lowest BCUT2D eigenvalue weighted by atomic mass is 9.94. The van der Waals surface area contributed by atoms with Crippen molar-refractivity contribution < 1.29 is 4.92 Å². The Kier molecular flexibility index (Phi) is 3.10. The molecule has 1 aromatic heterocycles. The lowest BCUT2D eigenvalue weighted by Crippen LogP contribution is -2.40. The van der Waals surface area contributed by atoms with Crippen LogP contribution in [0, 0.1) is 23.0 Å². The van der Waals surface area contributed by atoms with Crippen molar-refractivity contribution in [1.29, 1.82) is 0 Å². The van der Waals surface area contributed by atoms with Crippen LogP contribution in [-0.2, 0) is 0 Å².